The first kappa shape index (κ1) is 62.4. The van der Waals surface area contributed by atoms with Crippen LogP contribution in [0, 0.1) is 17.8 Å². The molecule has 376 valence electrons. The Kier molecular flexibility index (Phi) is 36.4. The number of carboxylic acids is 1. The van der Waals surface area contributed by atoms with Crippen molar-refractivity contribution in [2.24, 2.45) is 23.5 Å². The molecule has 0 radical (unpaired) electrons. The van der Waals surface area contributed by atoms with Gasteiger partial charge in [0.15, 0.2) is 0 Å². The van der Waals surface area contributed by atoms with Gasteiger partial charge in [0.25, 0.3) is 5.91 Å². The molecule has 1 unspecified atom stereocenters. The second-order valence-corrected chi connectivity index (χ2v) is 15.2. The Morgan fingerprint density at radius 1 is 0.682 bits per heavy atom. The molecule has 22 nitrogen and oxygen atoms in total. The van der Waals surface area contributed by atoms with Gasteiger partial charge in [-0.2, -0.15) is 0 Å². The first-order valence-electron chi connectivity index (χ1n) is 21.9. The van der Waals surface area contributed by atoms with Crippen LogP contribution in [-0.4, -0.2) is 144 Å². The van der Waals surface area contributed by atoms with Crippen molar-refractivity contribution in [2.45, 2.75) is 93.7 Å². The third kappa shape index (κ3) is 33.8. The van der Waals surface area contributed by atoms with E-state index in [9.17, 15) is 43.2 Å². The van der Waals surface area contributed by atoms with Crippen molar-refractivity contribution in [1.29, 1.82) is 0 Å². The Labute approximate surface area is 388 Å². The van der Waals surface area contributed by atoms with E-state index in [1.807, 2.05) is 20.8 Å². The molecule has 0 aromatic heterocycles. The molecule has 1 atom stereocenters. The van der Waals surface area contributed by atoms with Crippen molar-refractivity contribution in [3.8, 4) is 0 Å². The summed E-state index contributed by atoms with van der Waals surface area (Å²) in [7, 11) is 1.45. The van der Waals surface area contributed by atoms with Crippen molar-refractivity contribution in [3.63, 3.8) is 0 Å². The Balaban J connectivity index is 0. The zero-order chi connectivity index (χ0) is 50.5. The molecule has 22 heteroatoms. The number of nitrogens with two attached hydrogens (primary N) is 1. The topological polar surface area (TPSA) is 318 Å². The number of carbonyl (C=O) groups is 9. The monoisotopic (exact) mass is 942 g/mol. The number of amides is 7. The van der Waals surface area contributed by atoms with Gasteiger partial charge in [0.1, 0.15) is 18.4 Å². The number of hydrogen-bond donors (Lipinski definition) is 8. The van der Waals surface area contributed by atoms with Gasteiger partial charge >= 0.3 is 18.0 Å². The van der Waals surface area contributed by atoms with E-state index in [1.165, 1.54) is 19.2 Å². The smallest absolute Gasteiger partial charge is 0.312 e. The van der Waals surface area contributed by atoms with E-state index in [-0.39, 0.29) is 74.0 Å². The molecule has 0 saturated heterocycles. The standard InChI is InChI=1S/C37H59N5O12.C4H10N2O.C3H6O2/c1-24(2)30(43)10-12-50-14-16-52-18-19-53-17-15-51-13-11-31(44)39-21-33(46)42-34(25(3)4)36(48)40-22-32(45)41-28-9-8-27(23-54-37(49)26(5)6)29(20-28)35(47)38-7;1-2-3-6-4(5)7;1-2-3(4)5/h8-9,20,24-26,34H,10-19,21-23H2,1-7H3,(H,38,47)(H,39,44)(H,40,48)(H,41,45)(H,42,46);2-3H2,1H3,(H3,5,6,7);2H2,1H3,(H,4,5). The summed E-state index contributed by atoms with van der Waals surface area (Å²) in [6.07, 6.45) is 1.57. The number of anilines is 1. The van der Waals surface area contributed by atoms with E-state index in [4.69, 9.17) is 34.5 Å². The number of ether oxygens (including phenoxy) is 5. The Hall–Kier alpha value is -5.71. The van der Waals surface area contributed by atoms with Crippen LogP contribution >= 0.6 is 0 Å². The van der Waals surface area contributed by atoms with Crippen LogP contribution in [0.15, 0.2) is 18.2 Å². The Morgan fingerprint density at radius 2 is 1.21 bits per heavy atom. The van der Waals surface area contributed by atoms with Crippen LogP contribution in [0.5, 0.6) is 0 Å². The molecule has 7 amide bonds. The lowest BCUT2D eigenvalue weighted by Gasteiger charge is -2.21. The van der Waals surface area contributed by atoms with E-state index in [2.05, 4.69) is 31.9 Å². The third-order valence-electron chi connectivity index (χ3n) is 8.42. The molecule has 0 aliphatic rings. The van der Waals surface area contributed by atoms with Gasteiger partial charge in [0.05, 0.1) is 71.9 Å². The molecule has 66 heavy (non-hydrogen) atoms. The molecule has 1 aromatic rings. The molecule has 0 heterocycles. The summed E-state index contributed by atoms with van der Waals surface area (Å²) in [4.78, 5) is 105. The van der Waals surface area contributed by atoms with E-state index in [0.717, 1.165) is 6.42 Å². The number of rotatable bonds is 31. The number of ketones is 1. The van der Waals surface area contributed by atoms with Crippen LogP contribution in [0.1, 0.15) is 97.0 Å². The summed E-state index contributed by atoms with van der Waals surface area (Å²) >= 11 is 0. The maximum absolute atomic E-state index is 12.9. The maximum atomic E-state index is 12.9. The van der Waals surface area contributed by atoms with Gasteiger partial charge in [-0.05, 0) is 24.5 Å². The fraction of sp³-hybridized carbons (Fsp3) is 0.659. The average Bonchev–Trinajstić information content (AvgIpc) is 3.27. The van der Waals surface area contributed by atoms with E-state index >= 15 is 0 Å². The molecular formula is C44H75N7O15. The van der Waals surface area contributed by atoms with Crippen LogP contribution in [0.25, 0.3) is 0 Å². The van der Waals surface area contributed by atoms with Gasteiger partial charge in [-0.1, -0.05) is 61.5 Å². The average molecular weight is 942 g/mol. The number of Topliss-reactive ketones (excluding diaryl/α,β-unsaturated/α-hetero) is 1. The predicted molar refractivity (Wildman–Crippen MR) is 244 cm³/mol. The lowest BCUT2D eigenvalue weighted by atomic mass is 10.0. The van der Waals surface area contributed by atoms with Crippen LogP contribution in [0.3, 0.4) is 0 Å². The minimum atomic E-state index is -0.983. The van der Waals surface area contributed by atoms with Gasteiger partial charge in [-0.25, -0.2) is 4.79 Å². The van der Waals surface area contributed by atoms with Gasteiger partial charge in [-0.3, -0.25) is 38.4 Å². The lowest BCUT2D eigenvalue weighted by Crippen LogP contribution is -2.52. The molecule has 0 spiro atoms. The number of primary amides is 1. The molecule has 9 N–H and O–H groups in total. The van der Waals surface area contributed by atoms with Gasteiger partial charge in [0.2, 0.25) is 23.6 Å². The molecule has 0 aliphatic heterocycles. The number of aliphatic carboxylic acids is 1. The van der Waals surface area contributed by atoms with Crippen molar-refractivity contribution in [2.75, 3.05) is 84.9 Å². The predicted octanol–water partition coefficient (Wildman–Crippen LogP) is 1.67. The summed E-state index contributed by atoms with van der Waals surface area (Å²) in [6, 6.07) is 3.10. The minimum absolute atomic E-state index is 0.0102. The van der Waals surface area contributed by atoms with Crippen LogP contribution in [-0.2, 0) is 63.9 Å². The summed E-state index contributed by atoms with van der Waals surface area (Å²) in [5.41, 5.74) is 5.66. The van der Waals surface area contributed by atoms with E-state index in [0.29, 0.717) is 58.2 Å². The number of urea groups is 1. The summed E-state index contributed by atoms with van der Waals surface area (Å²) in [5, 5.41) is 22.8. The molecular weight excluding hydrogens is 867 g/mol. The first-order chi connectivity index (χ1) is 31.2. The highest BCUT2D eigenvalue weighted by atomic mass is 16.6. The quantitative estimate of drug-likeness (QED) is 0.0388. The fourth-order valence-electron chi connectivity index (χ4n) is 4.59. The van der Waals surface area contributed by atoms with Crippen molar-refractivity contribution < 1.29 is 71.9 Å². The number of hydrogen-bond acceptors (Lipinski definition) is 14. The largest absolute Gasteiger partial charge is 0.481 e. The molecule has 1 rings (SSSR count). The molecule has 0 aliphatic carbocycles. The fourth-order valence-corrected chi connectivity index (χ4v) is 4.59. The number of esters is 1. The maximum Gasteiger partial charge on any atom is 0.312 e. The normalized spacial score (nSPS) is 10.9. The van der Waals surface area contributed by atoms with E-state index < -0.39 is 60.1 Å². The number of carbonyl (C=O) groups excluding carboxylic acids is 8. The number of benzene rings is 1. The SMILES string of the molecule is CCC(=O)O.CCCNC(N)=O.CNC(=O)c1cc(NC(=O)CNC(=O)C(NC(=O)CNC(=O)CCOCCOCCOCCOCCC(=O)C(C)C)C(C)C)ccc1COC(=O)C(C)C. The summed E-state index contributed by atoms with van der Waals surface area (Å²) in [6.45, 7) is 16.5. The van der Waals surface area contributed by atoms with E-state index in [1.54, 1.807) is 40.7 Å². The Morgan fingerprint density at radius 3 is 1.67 bits per heavy atom. The van der Waals surface area contributed by atoms with Gasteiger partial charge in [-0.15, -0.1) is 0 Å². The third-order valence-corrected chi connectivity index (χ3v) is 8.42. The zero-order valence-corrected chi connectivity index (χ0v) is 40.1. The molecule has 0 fully saturated rings. The highest BCUT2D eigenvalue weighted by molar-refractivity contribution is 6.00. The van der Waals surface area contributed by atoms with Crippen LogP contribution < -0.4 is 37.6 Å². The number of carboxylic acid groups (broad SMARTS) is 1. The minimum Gasteiger partial charge on any atom is -0.481 e. The second kappa shape index (κ2) is 38.5. The summed E-state index contributed by atoms with van der Waals surface area (Å²) < 4.78 is 26.8. The number of nitrogens with one attached hydrogen (secondary N) is 6. The lowest BCUT2D eigenvalue weighted by molar-refractivity contribution is -0.148. The van der Waals surface area contributed by atoms with Crippen molar-refractivity contribution >= 4 is 59.0 Å². The van der Waals surface area contributed by atoms with Crippen molar-refractivity contribution in [3.05, 3.63) is 29.3 Å². The van der Waals surface area contributed by atoms with Gasteiger partial charge in [0, 0.05) is 55.6 Å². The first-order valence-corrected chi connectivity index (χ1v) is 21.9. The second-order valence-electron chi connectivity index (χ2n) is 15.2. The van der Waals surface area contributed by atoms with Crippen LogP contribution in [0.4, 0.5) is 10.5 Å². The highest BCUT2D eigenvalue weighted by Gasteiger charge is 2.25. The molecule has 1 aromatic carbocycles. The highest BCUT2D eigenvalue weighted by Crippen LogP contribution is 2.18. The van der Waals surface area contributed by atoms with Crippen LogP contribution in [0.2, 0.25) is 0 Å². The summed E-state index contributed by atoms with van der Waals surface area (Å²) in [5.74, 6) is -4.29. The molecule has 0 bridgehead atoms. The van der Waals surface area contributed by atoms with Crippen molar-refractivity contribution in [1.82, 2.24) is 26.6 Å². The van der Waals surface area contributed by atoms with Gasteiger partial charge < -0.3 is 66.4 Å². The Bertz CT molecular complexity index is 1640. The molecule has 0 saturated carbocycles. The zero-order valence-electron chi connectivity index (χ0n) is 40.1.